The van der Waals surface area contributed by atoms with Crippen LogP contribution in [0.25, 0.3) is 0 Å². The number of nitrogens with zero attached hydrogens (tertiary/aromatic N) is 3. The second kappa shape index (κ2) is 8.62. The Morgan fingerprint density at radius 1 is 1.11 bits per heavy atom. The first-order valence-electron chi connectivity index (χ1n) is 10.4. The van der Waals surface area contributed by atoms with Crippen LogP contribution in [0.1, 0.15) is 43.0 Å². The van der Waals surface area contributed by atoms with Crippen molar-refractivity contribution in [1.82, 2.24) is 9.80 Å². The van der Waals surface area contributed by atoms with Gasteiger partial charge in [-0.1, -0.05) is 26.2 Å². The number of halogens is 1. The van der Waals surface area contributed by atoms with Gasteiger partial charge in [-0.05, 0) is 38.1 Å². The van der Waals surface area contributed by atoms with Crippen molar-refractivity contribution >= 4 is 33.5 Å². The number of anilines is 2. The van der Waals surface area contributed by atoms with E-state index in [4.69, 9.17) is 4.99 Å². The molecule has 2 aromatic rings. The molecule has 0 atom stereocenters. The van der Waals surface area contributed by atoms with Crippen LogP contribution < -0.4 is 5.32 Å². The zero-order chi connectivity index (χ0) is 19.5. The van der Waals surface area contributed by atoms with E-state index >= 15 is 0 Å². The van der Waals surface area contributed by atoms with E-state index < -0.39 is 0 Å². The Labute approximate surface area is 171 Å². The fourth-order valence-electron chi connectivity index (χ4n) is 3.81. The van der Waals surface area contributed by atoms with Crippen LogP contribution in [0.5, 0.6) is 0 Å². The number of nitrogens with one attached hydrogen (secondary N) is 1. The molecule has 0 amide bonds. The smallest absolute Gasteiger partial charge is 0.139 e. The molecule has 0 unspecified atom stereocenters. The van der Waals surface area contributed by atoms with Crippen LogP contribution in [0.4, 0.5) is 20.8 Å². The Morgan fingerprint density at radius 3 is 2.71 bits per heavy atom. The third-order valence-electron chi connectivity index (χ3n) is 5.54. The first-order valence-corrected chi connectivity index (χ1v) is 11.2. The van der Waals surface area contributed by atoms with Gasteiger partial charge < -0.3 is 15.1 Å². The van der Waals surface area contributed by atoms with Crippen molar-refractivity contribution in [2.45, 2.75) is 39.0 Å². The molecule has 28 heavy (non-hydrogen) atoms. The molecule has 6 heteroatoms. The summed E-state index contributed by atoms with van der Waals surface area (Å²) in [4.78, 5) is 11.0. The van der Waals surface area contributed by atoms with E-state index in [1.165, 1.54) is 42.7 Å². The SMILES string of the molecule is CCCCCCc1cc2c(s1)Nc1ccc(F)cc1N=C2N1CCN(C)CC1. The number of hydrogen-bond acceptors (Lipinski definition) is 5. The number of fused-ring (bicyclic) bond motifs is 2. The van der Waals surface area contributed by atoms with Crippen molar-refractivity contribution in [2.75, 3.05) is 38.5 Å². The van der Waals surface area contributed by atoms with Crippen molar-refractivity contribution in [3.63, 3.8) is 0 Å². The number of amidine groups is 1. The first-order chi connectivity index (χ1) is 13.6. The molecule has 150 valence electrons. The predicted molar refractivity (Wildman–Crippen MR) is 117 cm³/mol. The summed E-state index contributed by atoms with van der Waals surface area (Å²) in [6, 6.07) is 7.13. The summed E-state index contributed by atoms with van der Waals surface area (Å²) in [6.07, 6.45) is 6.20. The number of likely N-dealkylation sites (N-methyl/N-ethyl adjacent to an activating group) is 1. The van der Waals surface area contributed by atoms with Crippen LogP contribution in [0, 0.1) is 5.82 Å². The van der Waals surface area contributed by atoms with Gasteiger partial charge in [0.05, 0.1) is 16.9 Å². The number of hydrogen-bond donors (Lipinski definition) is 1. The van der Waals surface area contributed by atoms with Gasteiger partial charge in [0.15, 0.2) is 0 Å². The molecule has 1 saturated heterocycles. The van der Waals surface area contributed by atoms with Gasteiger partial charge in [-0.15, -0.1) is 11.3 Å². The van der Waals surface area contributed by atoms with Crippen molar-refractivity contribution in [1.29, 1.82) is 0 Å². The molecule has 4 rings (SSSR count). The van der Waals surface area contributed by atoms with Crippen LogP contribution in [0.3, 0.4) is 0 Å². The maximum absolute atomic E-state index is 13.9. The summed E-state index contributed by atoms with van der Waals surface area (Å²) in [5, 5.41) is 4.66. The molecular weight excluding hydrogens is 371 g/mol. The molecule has 1 aromatic heterocycles. The highest BCUT2D eigenvalue weighted by Crippen LogP contribution is 2.40. The third-order valence-corrected chi connectivity index (χ3v) is 6.65. The lowest BCUT2D eigenvalue weighted by atomic mass is 10.1. The fraction of sp³-hybridized carbons (Fsp3) is 0.500. The largest absolute Gasteiger partial charge is 0.353 e. The van der Waals surface area contributed by atoms with Crippen molar-refractivity contribution in [3.05, 3.63) is 40.5 Å². The predicted octanol–water partition coefficient (Wildman–Crippen LogP) is 5.39. The van der Waals surface area contributed by atoms with Crippen LogP contribution in [-0.4, -0.2) is 48.9 Å². The topological polar surface area (TPSA) is 30.9 Å². The van der Waals surface area contributed by atoms with Crippen molar-refractivity contribution in [2.24, 2.45) is 4.99 Å². The molecule has 3 heterocycles. The third kappa shape index (κ3) is 4.23. The van der Waals surface area contributed by atoms with Crippen LogP contribution >= 0.6 is 11.3 Å². The molecule has 2 aliphatic rings. The minimum atomic E-state index is -0.246. The Bertz CT molecular complexity index is 852. The highest BCUT2D eigenvalue weighted by molar-refractivity contribution is 7.16. The van der Waals surface area contributed by atoms with Gasteiger partial charge in [-0.25, -0.2) is 9.38 Å². The quantitative estimate of drug-likeness (QED) is 0.683. The number of aryl methyl sites for hydroxylation is 1. The summed E-state index contributed by atoms with van der Waals surface area (Å²) in [5.74, 6) is 0.736. The molecule has 1 N–H and O–H groups in total. The van der Waals surface area contributed by atoms with Crippen LogP contribution in [-0.2, 0) is 6.42 Å². The number of piperazine rings is 1. The highest BCUT2D eigenvalue weighted by Gasteiger charge is 2.26. The maximum atomic E-state index is 13.9. The Kier molecular flexibility index (Phi) is 5.97. The fourth-order valence-corrected chi connectivity index (χ4v) is 4.92. The van der Waals surface area contributed by atoms with Gasteiger partial charge in [-0.2, -0.15) is 0 Å². The number of benzene rings is 1. The molecule has 4 nitrogen and oxygen atoms in total. The maximum Gasteiger partial charge on any atom is 0.139 e. The number of unbranched alkanes of at least 4 members (excludes halogenated alkanes) is 3. The van der Waals surface area contributed by atoms with Gasteiger partial charge in [-0.3, -0.25) is 0 Å². The zero-order valence-electron chi connectivity index (χ0n) is 16.8. The summed E-state index contributed by atoms with van der Waals surface area (Å²) in [6.45, 7) is 6.18. The number of rotatable bonds is 5. The van der Waals surface area contributed by atoms with E-state index in [1.54, 1.807) is 6.07 Å². The van der Waals surface area contributed by atoms with Crippen LogP contribution in [0.15, 0.2) is 29.3 Å². The summed E-state index contributed by atoms with van der Waals surface area (Å²) < 4.78 is 13.9. The highest BCUT2D eigenvalue weighted by atomic mass is 32.1. The van der Waals surface area contributed by atoms with Crippen molar-refractivity contribution < 1.29 is 4.39 Å². The average molecular weight is 401 g/mol. The zero-order valence-corrected chi connectivity index (χ0v) is 17.6. The molecule has 1 aromatic carbocycles. The molecule has 0 saturated carbocycles. The Hall–Kier alpha value is -1.92. The summed E-state index contributed by atoms with van der Waals surface area (Å²) >= 11 is 1.82. The molecular formula is C22H29FN4S. The number of aliphatic imine (C=N–C) groups is 1. The monoisotopic (exact) mass is 400 g/mol. The van der Waals surface area contributed by atoms with Gasteiger partial charge >= 0.3 is 0 Å². The molecule has 0 bridgehead atoms. The summed E-state index contributed by atoms with van der Waals surface area (Å²) in [5.41, 5.74) is 2.73. The second-order valence-electron chi connectivity index (χ2n) is 7.78. The minimum Gasteiger partial charge on any atom is -0.353 e. The Morgan fingerprint density at radius 2 is 1.93 bits per heavy atom. The lowest BCUT2D eigenvalue weighted by molar-refractivity contribution is 0.216. The molecule has 0 aliphatic carbocycles. The van der Waals surface area contributed by atoms with E-state index in [0.29, 0.717) is 5.69 Å². The average Bonchev–Trinajstić information content (AvgIpc) is 3.02. The van der Waals surface area contributed by atoms with Crippen LogP contribution in [0.2, 0.25) is 0 Å². The lowest BCUT2D eigenvalue weighted by Gasteiger charge is -2.34. The van der Waals surface area contributed by atoms with E-state index in [0.717, 1.165) is 54.7 Å². The van der Waals surface area contributed by atoms with Gasteiger partial charge in [0.2, 0.25) is 0 Å². The molecule has 0 radical (unpaired) electrons. The standard InChI is InChI=1S/C22H29FN4S/c1-3-4-5-6-7-17-15-18-21(27-12-10-26(2)11-13-27)24-20-14-16(23)8-9-19(20)25-22(18)28-17/h8-9,14-15,25H,3-7,10-13H2,1-2H3. The van der Waals surface area contributed by atoms with E-state index in [-0.39, 0.29) is 5.82 Å². The van der Waals surface area contributed by atoms with Crippen molar-refractivity contribution in [3.8, 4) is 0 Å². The lowest BCUT2D eigenvalue weighted by Crippen LogP contribution is -2.47. The minimum absolute atomic E-state index is 0.246. The van der Waals surface area contributed by atoms with Gasteiger partial charge in [0, 0.05) is 37.1 Å². The normalized spacial score (nSPS) is 16.8. The molecule has 2 aliphatic heterocycles. The first kappa shape index (κ1) is 19.4. The van der Waals surface area contributed by atoms with Gasteiger partial charge in [0.1, 0.15) is 16.7 Å². The van der Waals surface area contributed by atoms with E-state index in [1.807, 2.05) is 11.3 Å². The second-order valence-corrected chi connectivity index (χ2v) is 8.92. The number of thiophene rings is 1. The molecule has 0 spiro atoms. The van der Waals surface area contributed by atoms with Gasteiger partial charge in [0.25, 0.3) is 0 Å². The van der Waals surface area contributed by atoms with E-state index in [2.05, 4.69) is 35.2 Å². The van der Waals surface area contributed by atoms with E-state index in [9.17, 15) is 4.39 Å². The Balaban J connectivity index is 1.66. The summed E-state index contributed by atoms with van der Waals surface area (Å²) in [7, 11) is 2.16. The molecule has 1 fully saturated rings.